The molecule has 7 nitrogen and oxygen atoms in total. The third kappa shape index (κ3) is 6.09. The van der Waals surface area contributed by atoms with Gasteiger partial charge in [-0.25, -0.2) is 8.42 Å². The lowest BCUT2D eigenvalue weighted by atomic mass is 10.2. The summed E-state index contributed by atoms with van der Waals surface area (Å²) in [5, 5.41) is 3.37. The maximum Gasteiger partial charge on any atom is 0.193 e. The number of aliphatic imine (C=N–C) groups is 1. The minimum absolute atomic E-state index is 0.145. The third-order valence-electron chi connectivity index (χ3n) is 5.52. The number of nitrogens with one attached hydrogen (secondary N) is 1. The highest BCUT2D eigenvalue weighted by molar-refractivity contribution is 7.92. The number of guanidine groups is 1. The molecule has 1 N–H and O–H groups in total. The topological polar surface area (TPSA) is 74.2 Å². The van der Waals surface area contributed by atoms with Gasteiger partial charge in [-0.15, -0.1) is 0 Å². The molecule has 0 saturated carbocycles. The Bertz CT molecular complexity index is 789. The number of hydrogen-bond donors (Lipinski definition) is 1. The van der Waals surface area contributed by atoms with Crippen molar-refractivity contribution in [3.05, 3.63) is 29.8 Å². The van der Waals surface area contributed by atoms with Gasteiger partial charge < -0.3 is 19.9 Å². The Hall–Kier alpha value is -1.80. The van der Waals surface area contributed by atoms with E-state index >= 15 is 0 Å². The maximum atomic E-state index is 12.3. The van der Waals surface area contributed by atoms with E-state index in [9.17, 15) is 8.42 Å². The van der Waals surface area contributed by atoms with E-state index in [-0.39, 0.29) is 5.75 Å². The molecule has 2 rings (SSSR count). The van der Waals surface area contributed by atoms with Gasteiger partial charge in [0.25, 0.3) is 0 Å². The second-order valence-electron chi connectivity index (χ2n) is 7.88. The molecule has 1 aromatic carbocycles. The normalized spacial score (nSPS) is 18.7. The smallest absolute Gasteiger partial charge is 0.193 e. The molecule has 0 aromatic heterocycles. The van der Waals surface area contributed by atoms with E-state index in [1.807, 2.05) is 29.2 Å². The zero-order valence-electron chi connectivity index (χ0n) is 18.4. The molecule has 0 aliphatic carbocycles. The third-order valence-corrected chi connectivity index (χ3v) is 8.06. The molecule has 8 heteroatoms. The van der Waals surface area contributed by atoms with Crippen LogP contribution in [0.15, 0.2) is 29.3 Å². The molecule has 1 heterocycles. The standard InChI is InChI=1S/C21H36N4O3S/c1-6-24(7-2)12-14-28-19-11-9-8-10-18(19)16-23-20(22-5)25-13-15-29(26,27)21(3,4)17-25/h8-11H,6-7,12-17H2,1-5H3,(H,22,23). The zero-order chi connectivity index (χ0) is 21.5. The molecule has 1 aliphatic heterocycles. The number of rotatable bonds is 8. The van der Waals surface area contributed by atoms with E-state index in [1.54, 1.807) is 20.9 Å². The van der Waals surface area contributed by atoms with Crippen LogP contribution in [0.5, 0.6) is 5.75 Å². The number of para-hydroxylation sites is 1. The van der Waals surface area contributed by atoms with Gasteiger partial charge in [-0.05, 0) is 33.0 Å². The molecule has 164 valence electrons. The second kappa shape index (κ2) is 10.3. The fourth-order valence-corrected chi connectivity index (χ4v) is 4.81. The fraction of sp³-hybridized carbons (Fsp3) is 0.667. The molecule has 0 atom stereocenters. The Morgan fingerprint density at radius 1 is 1.28 bits per heavy atom. The lowest BCUT2D eigenvalue weighted by molar-refractivity contribution is 0.221. The van der Waals surface area contributed by atoms with Crippen molar-refractivity contribution < 1.29 is 13.2 Å². The van der Waals surface area contributed by atoms with Crippen LogP contribution in [0.3, 0.4) is 0 Å². The highest BCUT2D eigenvalue weighted by Crippen LogP contribution is 2.24. The van der Waals surface area contributed by atoms with Crippen molar-refractivity contribution in [2.24, 2.45) is 4.99 Å². The fourth-order valence-electron chi connectivity index (χ4n) is 3.45. The van der Waals surface area contributed by atoms with Crippen LogP contribution in [-0.4, -0.2) is 81.1 Å². The molecule has 1 aliphatic rings. The Morgan fingerprint density at radius 3 is 2.59 bits per heavy atom. The van der Waals surface area contributed by atoms with Crippen LogP contribution in [0, 0.1) is 0 Å². The molecular formula is C21H36N4O3S. The summed E-state index contributed by atoms with van der Waals surface area (Å²) in [7, 11) is -1.35. The number of benzene rings is 1. The number of ether oxygens (including phenoxy) is 1. The number of likely N-dealkylation sites (N-methyl/N-ethyl adjacent to an activating group) is 1. The average molecular weight is 425 g/mol. The van der Waals surface area contributed by atoms with E-state index in [1.165, 1.54) is 0 Å². The SMILES string of the molecule is CCN(CC)CCOc1ccccc1CNC(=NC)N1CCS(=O)(=O)C(C)(C)C1. The minimum Gasteiger partial charge on any atom is -0.492 e. The quantitative estimate of drug-likeness (QED) is 0.508. The lowest BCUT2D eigenvalue weighted by Gasteiger charge is -2.39. The van der Waals surface area contributed by atoms with Crippen molar-refractivity contribution in [1.29, 1.82) is 0 Å². The summed E-state index contributed by atoms with van der Waals surface area (Å²) >= 11 is 0. The molecule has 0 bridgehead atoms. The molecule has 0 spiro atoms. The molecule has 1 saturated heterocycles. The van der Waals surface area contributed by atoms with Crippen molar-refractivity contribution in [3.63, 3.8) is 0 Å². The maximum absolute atomic E-state index is 12.3. The van der Waals surface area contributed by atoms with Gasteiger partial charge in [0, 0.05) is 38.8 Å². The van der Waals surface area contributed by atoms with Crippen molar-refractivity contribution in [2.75, 3.05) is 52.1 Å². The highest BCUT2D eigenvalue weighted by Gasteiger charge is 2.40. The summed E-state index contributed by atoms with van der Waals surface area (Å²) in [6.07, 6.45) is 0. The van der Waals surface area contributed by atoms with E-state index in [2.05, 4.69) is 29.1 Å². The molecular weight excluding hydrogens is 388 g/mol. The Morgan fingerprint density at radius 2 is 1.97 bits per heavy atom. The van der Waals surface area contributed by atoms with E-state index < -0.39 is 14.6 Å². The minimum atomic E-state index is -3.08. The molecule has 29 heavy (non-hydrogen) atoms. The van der Waals surface area contributed by atoms with Crippen molar-refractivity contribution in [2.45, 2.75) is 39.0 Å². The van der Waals surface area contributed by atoms with Gasteiger partial charge in [0.05, 0.1) is 10.5 Å². The van der Waals surface area contributed by atoms with Gasteiger partial charge in [-0.2, -0.15) is 0 Å². The second-order valence-corrected chi connectivity index (χ2v) is 10.6. The van der Waals surface area contributed by atoms with Gasteiger partial charge in [0.1, 0.15) is 12.4 Å². The lowest BCUT2D eigenvalue weighted by Crippen LogP contribution is -2.57. The first kappa shape index (κ1) is 23.5. The number of hydrogen-bond acceptors (Lipinski definition) is 5. The Balaban J connectivity index is 1.98. The van der Waals surface area contributed by atoms with E-state index in [0.717, 1.165) is 30.9 Å². The van der Waals surface area contributed by atoms with Crippen molar-refractivity contribution in [3.8, 4) is 5.75 Å². The Labute approximate surface area is 176 Å². The van der Waals surface area contributed by atoms with E-state index in [0.29, 0.717) is 32.2 Å². The molecule has 1 fully saturated rings. The highest BCUT2D eigenvalue weighted by atomic mass is 32.2. The molecule has 0 unspecified atom stereocenters. The monoisotopic (exact) mass is 424 g/mol. The predicted molar refractivity (Wildman–Crippen MR) is 119 cm³/mol. The van der Waals surface area contributed by atoms with Crippen LogP contribution in [-0.2, 0) is 16.4 Å². The van der Waals surface area contributed by atoms with E-state index in [4.69, 9.17) is 4.74 Å². The largest absolute Gasteiger partial charge is 0.492 e. The van der Waals surface area contributed by atoms with Crippen molar-refractivity contribution >= 4 is 15.8 Å². The summed E-state index contributed by atoms with van der Waals surface area (Å²) < 4.78 is 29.8. The first-order valence-electron chi connectivity index (χ1n) is 10.3. The zero-order valence-corrected chi connectivity index (χ0v) is 19.3. The van der Waals surface area contributed by atoms with Crippen LogP contribution < -0.4 is 10.1 Å². The van der Waals surface area contributed by atoms with Gasteiger partial charge in [0.15, 0.2) is 15.8 Å². The summed E-state index contributed by atoms with van der Waals surface area (Å²) in [5.74, 6) is 1.72. The van der Waals surface area contributed by atoms with Crippen LogP contribution in [0.1, 0.15) is 33.3 Å². The summed E-state index contributed by atoms with van der Waals surface area (Å²) in [4.78, 5) is 8.71. The summed E-state index contributed by atoms with van der Waals surface area (Å²) in [6, 6.07) is 7.99. The van der Waals surface area contributed by atoms with Crippen LogP contribution in [0.4, 0.5) is 0 Å². The number of sulfone groups is 1. The van der Waals surface area contributed by atoms with Crippen LogP contribution in [0.2, 0.25) is 0 Å². The van der Waals surface area contributed by atoms with Gasteiger partial charge in [-0.3, -0.25) is 4.99 Å². The molecule has 0 radical (unpaired) electrons. The first-order chi connectivity index (χ1) is 13.7. The molecule has 1 aromatic rings. The van der Waals surface area contributed by atoms with Gasteiger partial charge in [-0.1, -0.05) is 32.0 Å². The predicted octanol–water partition coefficient (Wildman–Crippen LogP) is 1.99. The summed E-state index contributed by atoms with van der Waals surface area (Å²) in [5.41, 5.74) is 1.05. The van der Waals surface area contributed by atoms with Crippen LogP contribution >= 0.6 is 0 Å². The first-order valence-corrected chi connectivity index (χ1v) is 12.0. The molecule has 0 amide bonds. The number of nitrogens with zero attached hydrogens (tertiary/aromatic N) is 3. The average Bonchev–Trinajstić information content (AvgIpc) is 2.69. The summed E-state index contributed by atoms with van der Waals surface area (Å²) in [6.45, 7) is 12.9. The van der Waals surface area contributed by atoms with Gasteiger partial charge in [0.2, 0.25) is 0 Å². The Kier molecular flexibility index (Phi) is 8.34. The van der Waals surface area contributed by atoms with Crippen LogP contribution in [0.25, 0.3) is 0 Å². The van der Waals surface area contributed by atoms with Crippen molar-refractivity contribution in [1.82, 2.24) is 15.1 Å². The van der Waals surface area contributed by atoms with Gasteiger partial charge >= 0.3 is 0 Å².